The van der Waals surface area contributed by atoms with Gasteiger partial charge in [0.2, 0.25) is 0 Å². The fourth-order valence-electron chi connectivity index (χ4n) is 3.22. The maximum atomic E-state index is 10.4. The van der Waals surface area contributed by atoms with Crippen molar-refractivity contribution in [3.63, 3.8) is 0 Å². The quantitative estimate of drug-likeness (QED) is 0.479. The first-order valence-electron chi connectivity index (χ1n) is 8.27. The summed E-state index contributed by atoms with van der Waals surface area (Å²) in [5, 5.41) is 44.1. The SMILES string of the molecule is N#Cc1cc(-c2nn([C@@H]3O[C@H](CO)[C@@H](O)[C@H]3O)c3ncnc(N)c23)ccc1Cl. The lowest BCUT2D eigenvalue weighted by Crippen LogP contribution is -2.33. The highest BCUT2D eigenvalue weighted by molar-refractivity contribution is 6.31. The van der Waals surface area contributed by atoms with E-state index >= 15 is 0 Å². The van der Waals surface area contributed by atoms with Crippen LogP contribution >= 0.6 is 11.6 Å². The third kappa shape index (κ3) is 2.77. The van der Waals surface area contributed by atoms with Gasteiger partial charge in [0.25, 0.3) is 0 Å². The lowest BCUT2D eigenvalue weighted by molar-refractivity contribution is -0.0565. The number of hydrogen-bond acceptors (Lipinski definition) is 9. The number of fused-ring (bicyclic) bond motifs is 1. The van der Waals surface area contributed by atoms with Gasteiger partial charge in [-0.25, -0.2) is 14.6 Å². The molecule has 144 valence electrons. The van der Waals surface area contributed by atoms with Crippen LogP contribution < -0.4 is 5.73 Å². The summed E-state index contributed by atoms with van der Waals surface area (Å²) in [4.78, 5) is 8.17. The Bertz CT molecular complexity index is 1100. The first-order chi connectivity index (χ1) is 13.5. The number of halogens is 1. The van der Waals surface area contributed by atoms with Gasteiger partial charge in [0.1, 0.15) is 42.2 Å². The molecule has 4 atom stereocenters. The number of aromatic nitrogens is 4. The van der Waals surface area contributed by atoms with Gasteiger partial charge in [0.15, 0.2) is 11.9 Å². The zero-order chi connectivity index (χ0) is 20.0. The van der Waals surface area contributed by atoms with Crippen molar-refractivity contribution in [3.8, 4) is 17.3 Å². The first-order valence-corrected chi connectivity index (χ1v) is 8.65. The highest BCUT2D eigenvalue weighted by Crippen LogP contribution is 2.36. The van der Waals surface area contributed by atoms with E-state index in [2.05, 4.69) is 15.1 Å². The summed E-state index contributed by atoms with van der Waals surface area (Å²) < 4.78 is 6.84. The van der Waals surface area contributed by atoms with Crippen LogP contribution in [0.3, 0.4) is 0 Å². The molecule has 3 aromatic rings. The van der Waals surface area contributed by atoms with Crippen molar-refractivity contribution in [1.82, 2.24) is 19.7 Å². The molecule has 2 aromatic heterocycles. The van der Waals surface area contributed by atoms with E-state index in [4.69, 9.17) is 22.1 Å². The van der Waals surface area contributed by atoms with E-state index in [1.807, 2.05) is 6.07 Å². The van der Waals surface area contributed by atoms with Gasteiger partial charge in [-0.3, -0.25) is 0 Å². The number of hydrogen-bond donors (Lipinski definition) is 4. The summed E-state index contributed by atoms with van der Waals surface area (Å²) in [6.07, 6.45) is -3.46. The molecule has 28 heavy (non-hydrogen) atoms. The molecule has 11 heteroatoms. The number of anilines is 1. The predicted molar refractivity (Wildman–Crippen MR) is 97.9 cm³/mol. The molecule has 0 bridgehead atoms. The van der Waals surface area contributed by atoms with E-state index in [1.54, 1.807) is 18.2 Å². The molecule has 0 unspecified atom stereocenters. The molecule has 0 saturated carbocycles. The number of ether oxygens (including phenoxy) is 1. The van der Waals surface area contributed by atoms with E-state index in [9.17, 15) is 20.6 Å². The Hall–Kier alpha value is -2.81. The van der Waals surface area contributed by atoms with Gasteiger partial charge in [-0.05, 0) is 12.1 Å². The smallest absolute Gasteiger partial charge is 0.181 e. The Morgan fingerprint density at radius 2 is 2.07 bits per heavy atom. The number of aliphatic hydroxyl groups excluding tert-OH is 3. The molecular weight excluding hydrogens is 388 g/mol. The molecule has 1 aliphatic heterocycles. The lowest BCUT2D eigenvalue weighted by atomic mass is 10.1. The summed E-state index contributed by atoms with van der Waals surface area (Å²) in [6, 6.07) is 6.78. The number of nitriles is 1. The normalized spacial score (nSPS) is 24.5. The first kappa shape index (κ1) is 18.5. The van der Waals surface area contributed by atoms with E-state index in [0.717, 1.165) is 0 Å². The largest absolute Gasteiger partial charge is 0.394 e. The van der Waals surface area contributed by atoms with Gasteiger partial charge in [0, 0.05) is 5.56 Å². The van der Waals surface area contributed by atoms with Gasteiger partial charge >= 0.3 is 0 Å². The van der Waals surface area contributed by atoms with E-state index in [-0.39, 0.29) is 17.0 Å². The van der Waals surface area contributed by atoms with Crippen LogP contribution in [0.25, 0.3) is 22.3 Å². The van der Waals surface area contributed by atoms with Crippen LogP contribution in [0.1, 0.15) is 11.8 Å². The van der Waals surface area contributed by atoms with E-state index < -0.39 is 31.1 Å². The number of nitrogens with two attached hydrogens (primary N) is 1. The molecular formula is C17H15ClN6O4. The topological polar surface area (TPSA) is 163 Å². The Kier molecular flexibility index (Phi) is 4.62. The molecule has 0 aliphatic carbocycles. The number of rotatable bonds is 3. The van der Waals surface area contributed by atoms with E-state index in [0.29, 0.717) is 21.7 Å². The molecule has 1 fully saturated rings. The average Bonchev–Trinajstić information content (AvgIpc) is 3.21. The monoisotopic (exact) mass is 402 g/mol. The third-order valence-corrected chi connectivity index (χ3v) is 4.97. The van der Waals surface area contributed by atoms with Crippen molar-refractivity contribution in [2.75, 3.05) is 12.3 Å². The van der Waals surface area contributed by atoms with Gasteiger partial charge in [0.05, 0.1) is 22.6 Å². The molecule has 1 saturated heterocycles. The van der Waals surface area contributed by atoms with Crippen LogP contribution in [0.2, 0.25) is 5.02 Å². The van der Waals surface area contributed by atoms with Crippen molar-refractivity contribution < 1.29 is 20.1 Å². The minimum Gasteiger partial charge on any atom is -0.394 e. The third-order valence-electron chi connectivity index (χ3n) is 4.64. The highest BCUT2D eigenvalue weighted by Gasteiger charge is 2.44. The molecule has 1 aliphatic rings. The minimum atomic E-state index is -1.34. The van der Waals surface area contributed by atoms with Crippen LogP contribution in [0, 0.1) is 11.3 Å². The summed E-state index contributed by atoms with van der Waals surface area (Å²) >= 11 is 6.01. The molecule has 3 heterocycles. The molecule has 0 spiro atoms. The standard InChI is InChI=1S/C17H15ClN6O4/c18-9-2-1-7(3-8(9)4-19)12-11-15(20)21-6-22-16(11)24(23-12)17-14(27)13(26)10(5-25)28-17/h1-3,6,10,13-14,17,25-27H,5H2,(H2,20,21,22)/t10-,13-,14-,17-/m1/s1. The van der Waals surface area contributed by atoms with Crippen molar-refractivity contribution in [2.24, 2.45) is 0 Å². The molecule has 4 rings (SSSR count). The van der Waals surface area contributed by atoms with Crippen LogP contribution in [0.15, 0.2) is 24.5 Å². The second kappa shape index (κ2) is 6.97. The maximum absolute atomic E-state index is 10.4. The molecule has 0 amide bonds. The van der Waals surface area contributed by atoms with Crippen molar-refractivity contribution in [2.45, 2.75) is 24.5 Å². The van der Waals surface area contributed by atoms with Gasteiger partial charge in [-0.2, -0.15) is 10.4 Å². The lowest BCUT2D eigenvalue weighted by Gasteiger charge is -2.15. The summed E-state index contributed by atoms with van der Waals surface area (Å²) in [7, 11) is 0. The number of nitrogen functional groups attached to an aromatic ring is 1. The Morgan fingerprint density at radius 3 is 2.75 bits per heavy atom. The van der Waals surface area contributed by atoms with Gasteiger partial charge in [-0.15, -0.1) is 0 Å². The second-order valence-corrected chi connectivity index (χ2v) is 6.69. The maximum Gasteiger partial charge on any atom is 0.181 e. The van der Waals surface area contributed by atoms with Crippen LogP contribution in [-0.2, 0) is 4.74 Å². The highest BCUT2D eigenvalue weighted by atomic mass is 35.5. The zero-order valence-electron chi connectivity index (χ0n) is 14.3. The van der Waals surface area contributed by atoms with Crippen LogP contribution in [-0.4, -0.2) is 60.0 Å². The molecule has 5 N–H and O–H groups in total. The number of benzene rings is 1. The van der Waals surface area contributed by atoms with Crippen molar-refractivity contribution >= 4 is 28.5 Å². The molecule has 10 nitrogen and oxygen atoms in total. The van der Waals surface area contributed by atoms with Crippen LogP contribution in [0.4, 0.5) is 5.82 Å². The second-order valence-electron chi connectivity index (χ2n) is 6.29. The predicted octanol–water partition coefficient (Wildman–Crippen LogP) is 0.212. The zero-order valence-corrected chi connectivity index (χ0v) is 15.0. The number of nitrogens with zero attached hydrogens (tertiary/aromatic N) is 5. The summed E-state index contributed by atoms with van der Waals surface area (Å²) in [5.41, 5.74) is 7.46. The van der Waals surface area contributed by atoms with Gasteiger partial charge in [-0.1, -0.05) is 17.7 Å². The average molecular weight is 403 g/mol. The molecule has 1 aromatic carbocycles. The van der Waals surface area contributed by atoms with E-state index in [1.165, 1.54) is 11.0 Å². The van der Waals surface area contributed by atoms with Crippen LogP contribution in [0.5, 0.6) is 0 Å². The Balaban J connectivity index is 1.92. The fourth-order valence-corrected chi connectivity index (χ4v) is 3.38. The summed E-state index contributed by atoms with van der Waals surface area (Å²) in [6.45, 7) is -0.472. The fraction of sp³-hybridized carbons (Fsp3) is 0.294. The Morgan fingerprint density at radius 1 is 1.29 bits per heavy atom. The van der Waals surface area contributed by atoms with Crippen molar-refractivity contribution in [3.05, 3.63) is 35.1 Å². The minimum absolute atomic E-state index is 0.145. The summed E-state index contributed by atoms with van der Waals surface area (Å²) in [5.74, 6) is 0.145. The van der Waals surface area contributed by atoms with Crippen molar-refractivity contribution in [1.29, 1.82) is 5.26 Å². The number of aliphatic hydroxyl groups is 3. The molecule has 0 radical (unpaired) electrons. The van der Waals surface area contributed by atoms with Gasteiger partial charge < -0.3 is 25.8 Å². The Labute approximate surface area is 163 Å².